The zero-order chi connectivity index (χ0) is 37.9. The molecule has 4 N–H and O–H groups in total. The van der Waals surface area contributed by atoms with Crippen molar-refractivity contribution in [3.63, 3.8) is 0 Å². The SMILES string of the molecule is COC(=O)NCCc1nc2c(ccc3cc(-c4ccc5c(ccc6[nH]c(CN(C(=O)[C@H](NC(=O)OC)c7ccccc7)[C@H](C)C(C)C)nc65)c4)ccc32)[nH]1. The molecule has 276 valence electrons. The summed E-state index contributed by atoms with van der Waals surface area (Å²) in [6.07, 6.45) is -0.588. The van der Waals surface area contributed by atoms with Crippen molar-refractivity contribution in [3.8, 4) is 11.1 Å². The first-order valence-electron chi connectivity index (χ1n) is 18.0. The van der Waals surface area contributed by atoms with Crippen molar-refractivity contribution in [2.45, 2.75) is 45.8 Å². The van der Waals surface area contributed by atoms with Gasteiger partial charge in [0.1, 0.15) is 17.7 Å². The fourth-order valence-corrected chi connectivity index (χ4v) is 6.83. The summed E-state index contributed by atoms with van der Waals surface area (Å²) in [7, 11) is 2.63. The molecule has 0 bridgehead atoms. The van der Waals surface area contributed by atoms with Crippen molar-refractivity contribution in [3.05, 3.63) is 108 Å². The molecule has 0 fully saturated rings. The first-order valence-corrected chi connectivity index (χ1v) is 18.0. The fraction of sp³-hybridized carbons (Fsp3) is 0.262. The van der Waals surface area contributed by atoms with Crippen LogP contribution >= 0.6 is 0 Å². The molecule has 2 heterocycles. The van der Waals surface area contributed by atoms with E-state index in [0.717, 1.165) is 60.6 Å². The number of alkyl carbamates (subject to hydrolysis) is 2. The molecule has 0 unspecified atom stereocenters. The zero-order valence-electron chi connectivity index (χ0n) is 30.9. The Morgan fingerprint density at radius 1 is 0.722 bits per heavy atom. The third kappa shape index (κ3) is 7.27. The molecule has 2 atom stereocenters. The van der Waals surface area contributed by atoms with E-state index in [1.807, 2.05) is 49.4 Å². The zero-order valence-corrected chi connectivity index (χ0v) is 30.9. The number of carbonyl (C=O) groups excluding carboxylic acids is 3. The quantitative estimate of drug-likeness (QED) is 0.106. The molecule has 7 aromatic rings. The maximum Gasteiger partial charge on any atom is 0.407 e. The van der Waals surface area contributed by atoms with Crippen molar-refractivity contribution in [1.82, 2.24) is 35.5 Å². The Bertz CT molecular complexity index is 2490. The third-order valence-electron chi connectivity index (χ3n) is 10.1. The van der Waals surface area contributed by atoms with Crippen LogP contribution in [0, 0.1) is 5.92 Å². The molecule has 0 saturated heterocycles. The Labute approximate surface area is 312 Å². The van der Waals surface area contributed by atoms with Crippen molar-refractivity contribution in [2.24, 2.45) is 5.92 Å². The molecule has 0 aliphatic heterocycles. The van der Waals surface area contributed by atoms with Gasteiger partial charge in [-0.3, -0.25) is 4.79 Å². The lowest BCUT2D eigenvalue weighted by molar-refractivity contribution is -0.137. The summed E-state index contributed by atoms with van der Waals surface area (Å²) in [4.78, 5) is 56.5. The second-order valence-corrected chi connectivity index (χ2v) is 13.8. The monoisotopic (exact) mass is 725 g/mol. The molecule has 5 aromatic carbocycles. The molecular formula is C42H43N7O5. The molecule has 0 aliphatic carbocycles. The summed E-state index contributed by atoms with van der Waals surface area (Å²) in [5, 5.41) is 9.59. The van der Waals surface area contributed by atoms with Gasteiger partial charge in [0, 0.05) is 29.8 Å². The van der Waals surface area contributed by atoms with Crippen molar-refractivity contribution < 1.29 is 23.9 Å². The molecule has 0 saturated carbocycles. The van der Waals surface area contributed by atoms with E-state index in [9.17, 15) is 14.4 Å². The van der Waals surface area contributed by atoms with Crippen LogP contribution in [0.4, 0.5) is 9.59 Å². The molecule has 2 aromatic heterocycles. The lowest BCUT2D eigenvalue weighted by Gasteiger charge is -2.34. The van der Waals surface area contributed by atoms with E-state index in [1.54, 1.807) is 4.90 Å². The highest BCUT2D eigenvalue weighted by atomic mass is 16.5. The van der Waals surface area contributed by atoms with Gasteiger partial charge in [0.2, 0.25) is 0 Å². The van der Waals surface area contributed by atoms with Crippen LogP contribution in [0.1, 0.15) is 44.0 Å². The third-order valence-corrected chi connectivity index (χ3v) is 10.1. The molecule has 12 nitrogen and oxygen atoms in total. The number of nitrogens with zero attached hydrogens (tertiary/aromatic N) is 3. The van der Waals surface area contributed by atoms with Gasteiger partial charge in [0.05, 0.1) is 42.8 Å². The lowest BCUT2D eigenvalue weighted by Crippen LogP contribution is -2.48. The summed E-state index contributed by atoms with van der Waals surface area (Å²) in [5.74, 6) is 1.34. The predicted molar refractivity (Wildman–Crippen MR) is 210 cm³/mol. The molecule has 0 radical (unpaired) electrons. The van der Waals surface area contributed by atoms with Crippen LogP contribution in [-0.4, -0.2) is 69.7 Å². The summed E-state index contributed by atoms with van der Waals surface area (Å²) in [6.45, 7) is 6.79. The number of aromatic nitrogens is 4. The number of aromatic amines is 2. The fourth-order valence-electron chi connectivity index (χ4n) is 6.83. The highest BCUT2D eigenvalue weighted by Gasteiger charge is 2.32. The van der Waals surface area contributed by atoms with Gasteiger partial charge in [-0.2, -0.15) is 0 Å². The van der Waals surface area contributed by atoms with E-state index in [4.69, 9.17) is 14.7 Å². The van der Waals surface area contributed by atoms with E-state index in [0.29, 0.717) is 24.4 Å². The smallest absolute Gasteiger partial charge is 0.407 e. The van der Waals surface area contributed by atoms with E-state index >= 15 is 0 Å². The molecule has 12 heteroatoms. The molecular weight excluding hydrogens is 683 g/mol. The number of ether oxygens (including phenoxy) is 2. The first kappa shape index (κ1) is 36.0. The summed E-state index contributed by atoms with van der Waals surface area (Å²) in [6, 6.07) is 29.1. The van der Waals surface area contributed by atoms with Crippen LogP contribution in [0.5, 0.6) is 0 Å². The maximum atomic E-state index is 14.3. The normalized spacial score (nSPS) is 12.6. The van der Waals surface area contributed by atoms with Gasteiger partial charge in [-0.1, -0.05) is 80.6 Å². The van der Waals surface area contributed by atoms with Gasteiger partial charge in [0.15, 0.2) is 0 Å². The van der Waals surface area contributed by atoms with Crippen LogP contribution in [0.2, 0.25) is 0 Å². The topological polar surface area (TPSA) is 154 Å². The summed E-state index contributed by atoms with van der Waals surface area (Å²) < 4.78 is 9.52. The molecule has 3 amide bonds. The number of benzene rings is 5. The number of methoxy groups -OCH3 is 2. The van der Waals surface area contributed by atoms with Gasteiger partial charge in [-0.05, 0) is 64.6 Å². The van der Waals surface area contributed by atoms with Gasteiger partial charge in [0.25, 0.3) is 5.91 Å². The molecule has 54 heavy (non-hydrogen) atoms. The highest BCUT2D eigenvalue weighted by Crippen LogP contribution is 2.33. The first-order chi connectivity index (χ1) is 26.1. The van der Waals surface area contributed by atoms with Gasteiger partial charge < -0.3 is 35.0 Å². The Hall–Kier alpha value is -6.43. The number of imidazole rings is 2. The molecule has 0 aliphatic rings. The largest absolute Gasteiger partial charge is 0.453 e. The number of H-pyrrole nitrogens is 2. The second-order valence-electron chi connectivity index (χ2n) is 13.8. The highest BCUT2D eigenvalue weighted by molar-refractivity contribution is 6.07. The van der Waals surface area contributed by atoms with E-state index in [1.165, 1.54) is 14.2 Å². The minimum absolute atomic E-state index is 0.145. The minimum Gasteiger partial charge on any atom is -0.453 e. The van der Waals surface area contributed by atoms with Crippen LogP contribution in [-0.2, 0) is 27.2 Å². The van der Waals surface area contributed by atoms with E-state index in [-0.39, 0.29) is 24.4 Å². The Kier molecular flexibility index (Phi) is 10.2. The number of hydrogen-bond acceptors (Lipinski definition) is 7. The standard InChI is InChI=1S/C42H43N7O5/c1-24(2)25(3)49(40(50)37(48-42(52)54-5)26-9-7-6-8-10-26)23-36-45-34-18-14-30-22-28(12-16-32(30)39(34)47-36)27-11-15-31-29(21-27)13-17-33-38(31)46-35(44-33)19-20-43-41(51)53-4/h6-18,21-22,24-25,37H,19-20,23H2,1-5H3,(H,43,51)(H,44,46)(H,45,47)(H,48,52)/t25-,37-/m1/s1. The molecule has 7 rings (SSSR count). The average Bonchev–Trinajstić information content (AvgIpc) is 3.82. The predicted octanol–water partition coefficient (Wildman–Crippen LogP) is 7.78. The van der Waals surface area contributed by atoms with Crippen LogP contribution in [0.15, 0.2) is 91.0 Å². The number of fused-ring (bicyclic) bond motifs is 6. The van der Waals surface area contributed by atoms with Crippen molar-refractivity contribution in [1.29, 1.82) is 0 Å². The van der Waals surface area contributed by atoms with E-state index in [2.05, 4.69) is 87.7 Å². The molecule has 0 spiro atoms. The number of nitrogens with one attached hydrogen (secondary N) is 4. The lowest BCUT2D eigenvalue weighted by atomic mass is 9.98. The van der Waals surface area contributed by atoms with Crippen LogP contribution < -0.4 is 10.6 Å². The van der Waals surface area contributed by atoms with Crippen molar-refractivity contribution in [2.75, 3.05) is 20.8 Å². The number of amides is 3. The summed E-state index contributed by atoms with van der Waals surface area (Å²) >= 11 is 0. The number of carbonyl (C=O) groups is 3. The maximum absolute atomic E-state index is 14.3. The second kappa shape index (κ2) is 15.3. The number of rotatable bonds is 11. The van der Waals surface area contributed by atoms with Crippen LogP contribution in [0.25, 0.3) is 54.7 Å². The van der Waals surface area contributed by atoms with Gasteiger partial charge >= 0.3 is 12.2 Å². The summed E-state index contributed by atoms with van der Waals surface area (Å²) in [5.41, 5.74) is 6.34. The Morgan fingerprint density at radius 2 is 1.30 bits per heavy atom. The Morgan fingerprint density at radius 3 is 1.87 bits per heavy atom. The van der Waals surface area contributed by atoms with E-state index < -0.39 is 18.2 Å². The van der Waals surface area contributed by atoms with Gasteiger partial charge in [-0.15, -0.1) is 0 Å². The number of hydrogen-bond donors (Lipinski definition) is 4. The van der Waals surface area contributed by atoms with Crippen LogP contribution in [0.3, 0.4) is 0 Å². The van der Waals surface area contributed by atoms with Crippen molar-refractivity contribution >= 4 is 61.7 Å². The van der Waals surface area contributed by atoms with Gasteiger partial charge in [-0.25, -0.2) is 19.6 Å². The minimum atomic E-state index is -0.928. The Balaban J connectivity index is 1.16. The average molecular weight is 726 g/mol.